The normalized spacial score (nSPS) is 13.6. The third-order valence-electron chi connectivity index (χ3n) is 1.96. The van der Waals surface area contributed by atoms with Gasteiger partial charge in [0.2, 0.25) is 5.91 Å². The lowest BCUT2D eigenvalue weighted by molar-refractivity contribution is -0.131. The Morgan fingerprint density at radius 3 is 2.75 bits per heavy atom. The van der Waals surface area contributed by atoms with Gasteiger partial charge in [0.15, 0.2) is 6.10 Å². The number of primary amides is 1. The summed E-state index contributed by atoms with van der Waals surface area (Å²) < 4.78 is 0. The Kier molecular flexibility index (Phi) is 3.84. The largest absolute Gasteiger partial charge is 0.385 e. The standard InChI is InChI=1S/C9H10N4O3/c10-9(16)8(15)7(14)5-2-1-3-6(4-5)12-13-11/h1-4,7-8,14-15H,(H2,10,16). The molecule has 4 N–H and O–H groups in total. The first-order valence-electron chi connectivity index (χ1n) is 4.36. The van der Waals surface area contributed by atoms with E-state index in [-0.39, 0.29) is 11.3 Å². The highest BCUT2D eigenvalue weighted by atomic mass is 16.3. The van der Waals surface area contributed by atoms with Crippen molar-refractivity contribution in [3.63, 3.8) is 0 Å². The number of nitrogens with two attached hydrogens (primary N) is 1. The smallest absolute Gasteiger partial charge is 0.249 e. The van der Waals surface area contributed by atoms with Crippen molar-refractivity contribution in [1.82, 2.24) is 0 Å². The fraction of sp³-hybridized carbons (Fsp3) is 0.222. The van der Waals surface area contributed by atoms with E-state index < -0.39 is 18.1 Å². The summed E-state index contributed by atoms with van der Waals surface area (Å²) in [5.74, 6) is -1.03. The number of carbonyl (C=O) groups excluding carboxylic acids is 1. The summed E-state index contributed by atoms with van der Waals surface area (Å²) >= 11 is 0. The summed E-state index contributed by atoms with van der Waals surface area (Å²) in [7, 11) is 0. The van der Waals surface area contributed by atoms with E-state index in [0.29, 0.717) is 0 Å². The van der Waals surface area contributed by atoms with Crippen LogP contribution in [0.4, 0.5) is 5.69 Å². The van der Waals surface area contributed by atoms with Gasteiger partial charge in [-0.3, -0.25) is 4.79 Å². The van der Waals surface area contributed by atoms with Gasteiger partial charge in [-0.1, -0.05) is 23.3 Å². The van der Waals surface area contributed by atoms with Gasteiger partial charge < -0.3 is 15.9 Å². The van der Waals surface area contributed by atoms with Crippen molar-refractivity contribution >= 4 is 11.6 Å². The van der Waals surface area contributed by atoms with Gasteiger partial charge in [0.05, 0.1) is 0 Å². The molecule has 2 atom stereocenters. The maximum atomic E-state index is 10.7. The molecule has 0 spiro atoms. The highest BCUT2D eigenvalue weighted by Crippen LogP contribution is 2.22. The summed E-state index contributed by atoms with van der Waals surface area (Å²) in [6.07, 6.45) is -3.13. The molecule has 0 aromatic heterocycles. The van der Waals surface area contributed by atoms with Crippen molar-refractivity contribution < 1.29 is 15.0 Å². The van der Waals surface area contributed by atoms with Crippen LogP contribution in [0, 0.1) is 0 Å². The minimum atomic E-state index is -1.69. The molecule has 84 valence electrons. The van der Waals surface area contributed by atoms with Gasteiger partial charge in [0, 0.05) is 10.6 Å². The third kappa shape index (κ3) is 2.71. The van der Waals surface area contributed by atoms with E-state index in [1.807, 2.05) is 0 Å². The molecule has 0 radical (unpaired) electrons. The first-order valence-corrected chi connectivity index (χ1v) is 4.36. The third-order valence-corrected chi connectivity index (χ3v) is 1.96. The summed E-state index contributed by atoms with van der Waals surface area (Å²) in [5, 5.41) is 22.1. The summed E-state index contributed by atoms with van der Waals surface area (Å²) in [6, 6.07) is 5.88. The maximum absolute atomic E-state index is 10.7. The number of hydrogen-bond donors (Lipinski definition) is 3. The number of nitrogens with zero attached hydrogens (tertiary/aromatic N) is 3. The molecule has 7 nitrogen and oxygen atoms in total. The molecule has 7 heteroatoms. The molecule has 0 aliphatic carbocycles. The lowest BCUT2D eigenvalue weighted by Crippen LogP contribution is -2.33. The average molecular weight is 222 g/mol. The number of azide groups is 1. The van der Waals surface area contributed by atoms with Crippen molar-refractivity contribution in [2.24, 2.45) is 10.8 Å². The molecular formula is C9H10N4O3. The number of carbonyl (C=O) groups is 1. The summed E-state index contributed by atoms with van der Waals surface area (Å²) in [6.45, 7) is 0. The molecular weight excluding hydrogens is 212 g/mol. The van der Waals surface area contributed by atoms with Crippen LogP contribution in [0.25, 0.3) is 10.4 Å². The lowest BCUT2D eigenvalue weighted by Gasteiger charge is -2.15. The van der Waals surface area contributed by atoms with Gasteiger partial charge in [-0.15, -0.1) is 0 Å². The Morgan fingerprint density at radius 2 is 2.19 bits per heavy atom. The van der Waals surface area contributed by atoms with Crippen molar-refractivity contribution in [3.05, 3.63) is 40.3 Å². The molecule has 0 saturated carbocycles. The molecule has 16 heavy (non-hydrogen) atoms. The van der Waals surface area contributed by atoms with Gasteiger partial charge in [-0.2, -0.15) is 0 Å². The fourth-order valence-corrected chi connectivity index (χ4v) is 1.16. The van der Waals surface area contributed by atoms with Crippen LogP contribution in [0.2, 0.25) is 0 Å². The first-order chi connectivity index (χ1) is 7.56. The molecule has 1 amide bonds. The van der Waals surface area contributed by atoms with Crippen LogP contribution in [0.1, 0.15) is 11.7 Å². The zero-order chi connectivity index (χ0) is 12.1. The topological polar surface area (TPSA) is 132 Å². The second-order valence-electron chi connectivity index (χ2n) is 3.08. The molecule has 0 bridgehead atoms. The molecule has 0 fully saturated rings. The molecule has 0 heterocycles. The highest BCUT2D eigenvalue weighted by Gasteiger charge is 2.23. The van der Waals surface area contributed by atoms with Crippen LogP contribution in [-0.4, -0.2) is 22.2 Å². The Bertz CT molecular complexity index is 442. The van der Waals surface area contributed by atoms with E-state index in [4.69, 9.17) is 11.3 Å². The second kappa shape index (κ2) is 5.13. The molecule has 0 aliphatic rings. The molecule has 1 rings (SSSR count). The van der Waals surface area contributed by atoms with Crippen molar-refractivity contribution in [3.8, 4) is 0 Å². The molecule has 1 aromatic carbocycles. The molecule has 2 unspecified atom stereocenters. The Balaban J connectivity index is 2.99. The van der Waals surface area contributed by atoms with E-state index in [0.717, 1.165) is 0 Å². The number of rotatable bonds is 4. The zero-order valence-corrected chi connectivity index (χ0v) is 8.19. The number of amides is 1. The van der Waals surface area contributed by atoms with Crippen molar-refractivity contribution in [1.29, 1.82) is 0 Å². The summed E-state index contributed by atoms with van der Waals surface area (Å²) in [5.41, 5.74) is 13.6. The van der Waals surface area contributed by atoms with Gasteiger partial charge in [0.25, 0.3) is 0 Å². The number of aliphatic hydroxyl groups is 2. The van der Waals surface area contributed by atoms with Crippen LogP contribution in [0.3, 0.4) is 0 Å². The van der Waals surface area contributed by atoms with Gasteiger partial charge in [0.1, 0.15) is 6.10 Å². The predicted octanol–water partition coefficient (Wildman–Crippen LogP) is 0.508. The molecule has 0 aliphatic heterocycles. The van der Waals surface area contributed by atoms with E-state index in [1.54, 1.807) is 0 Å². The minimum absolute atomic E-state index is 0.246. The molecule has 0 saturated heterocycles. The van der Waals surface area contributed by atoms with E-state index >= 15 is 0 Å². The van der Waals surface area contributed by atoms with Crippen LogP contribution < -0.4 is 5.73 Å². The monoisotopic (exact) mass is 222 g/mol. The van der Waals surface area contributed by atoms with Crippen LogP contribution in [-0.2, 0) is 4.79 Å². The number of benzene rings is 1. The van der Waals surface area contributed by atoms with Gasteiger partial charge in [-0.25, -0.2) is 0 Å². The zero-order valence-electron chi connectivity index (χ0n) is 8.19. The minimum Gasteiger partial charge on any atom is -0.385 e. The number of aliphatic hydroxyl groups excluding tert-OH is 2. The predicted molar refractivity (Wildman–Crippen MR) is 55.4 cm³/mol. The van der Waals surface area contributed by atoms with E-state index in [2.05, 4.69) is 10.0 Å². The van der Waals surface area contributed by atoms with Crippen LogP contribution in [0.15, 0.2) is 29.4 Å². The second-order valence-corrected chi connectivity index (χ2v) is 3.08. The van der Waals surface area contributed by atoms with E-state index in [9.17, 15) is 15.0 Å². The summed E-state index contributed by atoms with van der Waals surface area (Å²) in [4.78, 5) is 13.2. The van der Waals surface area contributed by atoms with Crippen LogP contribution in [0.5, 0.6) is 0 Å². The first kappa shape index (κ1) is 12.0. The maximum Gasteiger partial charge on any atom is 0.249 e. The van der Waals surface area contributed by atoms with Gasteiger partial charge in [-0.05, 0) is 17.2 Å². The van der Waals surface area contributed by atoms with Crippen LogP contribution >= 0.6 is 0 Å². The quantitative estimate of drug-likeness (QED) is 0.389. The Hall–Kier alpha value is -2.08. The Labute approximate surface area is 90.7 Å². The highest BCUT2D eigenvalue weighted by molar-refractivity contribution is 5.79. The average Bonchev–Trinajstić information content (AvgIpc) is 2.28. The number of hydrogen-bond acceptors (Lipinski definition) is 4. The van der Waals surface area contributed by atoms with Crippen molar-refractivity contribution in [2.45, 2.75) is 12.2 Å². The lowest BCUT2D eigenvalue weighted by atomic mass is 10.0. The van der Waals surface area contributed by atoms with Gasteiger partial charge >= 0.3 is 0 Å². The van der Waals surface area contributed by atoms with Crippen molar-refractivity contribution in [2.75, 3.05) is 0 Å². The van der Waals surface area contributed by atoms with E-state index in [1.165, 1.54) is 24.3 Å². The SMILES string of the molecule is [N-]=[N+]=Nc1cccc(C(O)C(O)C(N)=O)c1. The fourth-order valence-electron chi connectivity index (χ4n) is 1.16. The Morgan fingerprint density at radius 1 is 1.50 bits per heavy atom. The molecule has 1 aromatic rings.